The van der Waals surface area contributed by atoms with E-state index >= 15 is 0 Å². The number of piperazine rings is 1. The molecule has 0 amide bonds. The lowest BCUT2D eigenvalue weighted by Crippen LogP contribution is -2.46. The second kappa shape index (κ2) is 9.38. The maximum atomic E-state index is 14.1. The normalized spacial score (nSPS) is 14.9. The Hall–Kier alpha value is -3.77. The number of halogens is 1. The molecule has 6 heteroatoms. The lowest BCUT2D eigenvalue weighted by Gasteiger charge is -2.35. The van der Waals surface area contributed by atoms with Crippen LogP contribution in [0.5, 0.6) is 5.75 Å². The number of benzene rings is 3. The molecule has 0 bridgehead atoms. The Morgan fingerprint density at radius 1 is 0.879 bits per heavy atom. The van der Waals surface area contributed by atoms with Crippen LogP contribution in [0.4, 0.5) is 10.2 Å². The number of hydrogen-bond donors (Lipinski definition) is 1. The van der Waals surface area contributed by atoms with Crippen LogP contribution >= 0.6 is 0 Å². The third-order valence-corrected chi connectivity index (χ3v) is 5.93. The van der Waals surface area contributed by atoms with Gasteiger partial charge in [-0.3, -0.25) is 4.90 Å². The third-order valence-electron chi connectivity index (χ3n) is 5.93. The standard InChI is InChI=1S/C27H25FN4O/c28-21-12-13-24-23(19-21)27(30-26(29-24)22-10-4-5-11-25(22)33)32-17-15-31(16-18-32)14-6-9-20-7-2-1-3-8-20/h1-13,19,33H,14-18H2/b9-6+. The van der Waals surface area contributed by atoms with Gasteiger partial charge in [-0.25, -0.2) is 14.4 Å². The number of fused-ring (bicyclic) bond motifs is 1. The van der Waals surface area contributed by atoms with E-state index in [9.17, 15) is 9.50 Å². The molecule has 0 spiro atoms. The summed E-state index contributed by atoms with van der Waals surface area (Å²) in [7, 11) is 0. The molecular formula is C27H25FN4O. The number of rotatable bonds is 5. The lowest BCUT2D eigenvalue weighted by molar-refractivity contribution is 0.284. The summed E-state index contributed by atoms with van der Waals surface area (Å²) in [6.07, 6.45) is 4.34. The fourth-order valence-corrected chi connectivity index (χ4v) is 4.15. The molecule has 1 aliphatic rings. The first-order valence-corrected chi connectivity index (χ1v) is 11.1. The molecule has 0 aliphatic carbocycles. The molecule has 5 rings (SSSR count). The molecule has 4 aromatic rings. The fourth-order valence-electron chi connectivity index (χ4n) is 4.15. The van der Waals surface area contributed by atoms with E-state index in [4.69, 9.17) is 4.98 Å². The molecule has 1 saturated heterocycles. The Morgan fingerprint density at radius 2 is 1.64 bits per heavy atom. The number of aromatic nitrogens is 2. The average Bonchev–Trinajstić information content (AvgIpc) is 2.85. The highest BCUT2D eigenvalue weighted by atomic mass is 19.1. The predicted octanol–water partition coefficient (Wildman–Crippen LogP) is 4.98. The van der Waals surface area contributed by atoms with E-state index in [1.54, 1.807) is 24.3 Å². The summed E-state index contributed by atoms with van der Waals surface area (Å²) in [5, 5.41) is 11.0. The smallest absolute Gasteiger partial charge is 0.165 e. The average molecular weight is 441 g/mol. The molecule has 3 aromatic carbocycles. The van der Waals surface area contributed by atoms with Crippen molar-refractivity contribution < 1.29 is 9.50 Å². The van der Waals surface area contributed by atoms with Gasteiger partial charge >= 0.3 is 0 Å². The highest BCUT2D eigenvalue weighted by molar-refractivity contribution is 5.91. The van der Waals surface area contributed by atoms with Gasteiger partial charge in [-0.1, -0.05) is 54.6 Å². The minimum absolute atomic E-state index is 0.125. The Morgan fingerprint density at radius 3 is 2.42 bits per heavy atom. The number of anilines is 1. The molecule has 1 fully saturated rings. The first-order valence-electron chi connectivity index (χ1n) is 11.1. The SMILES string of the molecule is Oc1ccccc1-c1nc(N2CCN(C/C=C/c3ccccc3)CC2)c2cc(F)ccc2n1. The van der Waals surface area contributed by atoms with Gasteiger partial charge in [0.25, 0.3) is 0 Å². The van der Waals surface area contributed by atoms with Crippen molar-refractivity contribution in [3.05, 3.63) is 90.3 Å². The number of para-hydroxylation sites is 1. The Balaban J connectivity index is 1.37. The van der Waals surface area contributed by atoms with Crippen molar-refractivity contribution in [2.24, 2.45) is 0 Å². The highest BCUT2D eigenvalue weighted by Crippen LogP contribution is 2.32. The van der Waals surface area contributed by atoms with Crippen LogP contribution in [0.3, 0.4) is 0 Å². The summed E-state index contributed by atoms with van der Waals surface area (Å²) < 4.78 is 14.1. The molecule has 2 heterocycles. The summed E-state index contributed by atoms with van der Waals surface area (Å²) in [6, 6.07) is 21.9. The van der Waals surface area contributed by atoms with E-state index in [1.165, 1.54) is 17.7 Å². The van der Waals surface area contributed by atoms with Gasteiger partial charge in [0.1, 0.15) is 17.4 Å². The molecule has 1 aliphatic heterocycles. The van der Waals surface area contributed by atoms with Crippen LogP contribution in [0.25, 0.3) is 28.4 Å². The molecule has 166 valence electrons. The number of aromatic hydroxyl groups is 1. The van der Waals surface area contributed by atoms with E-state index in [0.29, 0.717) is 28.1 Å². The Kier molecular flexibility index (Phi) is 6.00. The second-order valence-corrected chi connectivity index (χ2v) is 8.15. The number of hydrogen-bond acceptors (Lipinski definition) is 5. The van der Waals surface area contributed by atoms with Crippen molar-refractivity contribution in [2.45, 2.75) is 0 Å². The van der Waals surface area contributed by atoms with Crippen molar-refractivity contribution >= 4 is 22.8 Å². The minimum Gasteiger partial charge on any atom is -0.507 e. The zero-order valence-electron chi connectivity index (χ0n) is 18.2. The topological polar surface area (TPSA) is 52.5 Å². The monoisotopic (exact) mass is 440 g/mol. The third kappa shape index (κ3) is 4.71. The van der Waals surface area contributed by atoms with E-state index < -0.39 is 0 Å². The van der Waals surface area contributed by atoms with Gasteiger partial charge in [0.05, 0.1) is 11.1 Å². The first kappa shape index (κ1) is 21.1. The summed E-state index contributed by atoms with van der Waals surface area (Å²) >= 11 is 0. The lowest BCUT2D eigenvalue weighted by atomic mass is 10.1. The van der Waals surface area contributed by atoms with Crippen LogP contribution in [0.2, 0.25) is 0 Å². The fraction of sp³-hybridized carbons (Fsp3) is 0.185. The predicted molar refractivity (Wildman–Crippen MR) is 131 cm³/mol. The maximum Gasteiger partial charge on any atom is 0.165 e. The van der Waals surface area contributed by atoms with Crippen LogP contribution in [0.15, 0.2) is 78.9 Å². The summed E-state index contributed by atoms with van der Waals surface area (Å²) in [6.45, 7) is 4.20. The summed E-state index contributed by atoms with van der Waals surface area (Å²) in [5.41, 5.74) is 2.42. The number of phenols is 1. The van der Waals surface area contributed by atoms with Crippen LogP contribution in [-0.2, 0) is 0 Å². The zero-order valence-corrected chi connectivity index (χ0v) is 18.2. The number of phenolic OH excluding ortho intramolecular Hbond substituents is 1. The van der Waals surface area contributed by atoms with Crippen molar-refractivity contribution in [1.82, 2.24) is 14.9 Å². The van der Waals surface area contributed by atoms with Gasteiger partial charge in [0.2, 0.25) is 0 Å². The Labute approximate surface area is 192 Å². The molecular weight excluding hydrogens is 415 g/mol. The van der Waals surface area contributed by atoms with Gasteiger partial charge in [-0.15, -0.1) is 0 Å². The molecule has 1 aromatic heterocycles. The van der Waals surface area contributed by atoms with E-state index in [2.05, 4.69) is 39.1 Å². The van der Waals surface area contributed by atoms with Crippen molar-refractivity contribution in [2.75, 3.05) is 37.6 Å². The Bertz CT molecular complexity index is 1280. The second-order valence-electron chi connectivity index (χ2n) is 8.15. The van der Waals surface area contributed by atoms with Crippen LogP contribution in [0.1, 0.15) is 5.56 Å². The summed E-state index contributed by atoms with van der Waals surface area (Å²) in [5.74, 6) is 0.958. The van der Waals surface area contributed by atoms with Crippen LogP contribution < -0.4 is 4.90 Å². The quantitative estimate of drug-likeness (QED) is 0.475. The largest absolute Gasteiger partial charge is 0.507 e. The molecule has 0 atom stereocenters. The maximum absolute atomic E-state index is 14.1. The van der Waals surface area contributed by atoms with Gasteiger partial charge in [-0.05, 0) is 35.9 Å². The van der Waals surface area contributed by atoms with E-state index in [1.807, 2.05) is 24.3 Å². The molecule has 0 unspecified atom stereocenters. The van der Waals surface area contributed by atoms with Gasteiger partial charge in [0, 0.05) is 38.1 Å². The van der Waals surface area contributed by atoms with Gasteiger partial charge in [-0.2, -0.15) is 0 Å². The molecule has 1 N–H and O–H groups in total. The van der Waals surface area contributed by atoms with Crippen LogP contribution in [-0.4, -0.2) is 52.7 Å². The van der Waals surface area contributed by atoms with E-state index in [0.717, 1.165) is 32.7 Å². The molecule has 0 radical (unpaired) electrons. The zero-order chi connectivity index (χ0) is 22.6. The summed E-state index contributed by atoms with van der Waals surface area (Å²) in [4.78, 5) is 14.0. The minimum atomic E-state index is -0.313. The first-order chi connectivity index (χ1) is 16.2. The van der Waals surface area contributed by atoms with E-state index in [-0.39, 0.29) is 11.6 Å². The van der Waals surface area contributed by atoms with Crippen molar-refractivity contribution in [3.8, 4) is 17.1 Å². The molecule has 5 nitrogen and oxygen atoms in total. The number of nitrogens with zero attached hydrogens (tertiary/aromatic N) is 4. The van der Waals surface area contributed by atoms with Crippen LogP contribution in [0, 0.1) is 5.82 Å². The van der Waals surface area contributed by atoms with Crippen molar-refractivity contribution in [1.29, 1.82) is 0 Å². The van der Waals surface area contributed by atoms with Gasteiger partial charge < -0.3 is 10.0 Å². The highest BCUT2D eigenvalue weighted by Gasteiger charge is 2.21. The van der Waals surface area contributed by atoms with Crippen molar-refractivity contribution in [3.63, 3.8) is 0 Å². The van der Waals surface area contributed by atoms with Gasteiger partial charge in [0.15, 0.2) is 5.82 Å². The molecule has 33 heavy (non-hydrogen) atoms. The molecule has 0 saturated carbocycles.